The van der Waals surface area contributed by atoms with E-state index in [4.69, 9.17) is 4.74 Å². The number of amides is 1. The summed E-state index contributed by atoms with van der Waals surface area (Å²) < 4.78 is 33.3. The quantitative estimate of drug-likeness (QED) is 0.569. The molecule has 3 aromatic rings. The average Bonchev–Trinajstić information content (AvgIpc) is 2.74. The zero-order chi connectivity index (χ0) is 21.6. The first-order chi connectivity index (χ1) is 14.4. The molecule has 158 valence electrons. The first-order valence-corrected chi connectivity index (χ1v) is 11.3. The van der Waals surface area contributed by atoms with E-state index in [1.54, 1.807) is 30.1 Å². The number of rotatable bonds is 9. The van der Waals surface area contributed by atoms with Gasteiger partial charge in [-0.05, 0) is 41.5 Å². The molecule has 0 aliphatic carbocycles. The van der Waals surface area contributed by atoms with E-state index in [0.717, 1.165) is 22.1 Å². The van der Waals surface area contributed by atoms with Crippen molar-refractivity contribution in [2.75, 3.05) is 26.7 Å². The maximum atomic E-state index is 12.5. The fraction of sp³-hybridized carbons (Fsp3) is 0.261. The maximum absolute atomic E-state index is 12.5. The van der Waals surface area contributed by atoms with Crippen LogP contribution in [0.4, 0.5) is 0 Å². The molecule has 6 nitrogen and oxygen atoms in total. The van der Waals surface area contributed by atoms with Gasteiger partial charge >= 0.3 is 0 Å². The predicted molar refractivity (Wildman–Crippen MR) is 118 cm³/mol. The van der Waals surface area contributed by atoms with Crippen molar-refractivity contribution in [3.05, 3.63) is 72.3 Å². The van der Waals surface area contributed by atoms with E-state index in [9.17, 15) is 13.2 Å². The SMILES string of the molecule is Cc1ccccc1OCCN(C)C(=O)CCNS(=O)(=O)c1ccc2ccccc2c1. The molecule has 0 unspecified atom stereocenters. The van der Waals surface area contributed by atoms with Gasteiger partial charge in [-0.15, -0.1) is 0 Å². The second kappa shape index (κ2) is 9.73. The Balaban J connectivity index is 1.47. The Bertz CT molecular complexity index is 1130. The fourth-order valence-electron chi connectivity index (χ4n) is 3.04. The van der Waals surface area contributed by atoms with Gasteiger partial charge in [-0.25, -0.2) is 13.1 Å². The second-order valence-electron chi connectivity index (χ2n) is 7.09. The number of para-hydroxylation sites is 1. The van der Waals surface area contributed by atoms with Crippen molar-refractivity contribution >= 4 is 26.7 Å². The van der Waals surface area contributed by atoms with Crippen LogP contribution in [0.2, 0.25) is 0 Å². The van der Waals surface area contributed by atoms with Crippen LogP contribution in [0.15, 0.2) is 71.6 Å². The highest BCUT2D eigenvalue weighted by Crippen LogP contribution is 2.19. The lowest BCUT2D eigenvalue weighted by molar-refractivity contribution is -0.130. The number of nitrogens with zero attached hydrogens (tertiary/aromatic N) is 1. The minimum atomic E-state index is -3.68. The molecule has 0 fully saturated rings. The molecule has 0 saturated carbocycles. The summed E-state index contributed by atoms with van der Waals surface area (Å²) in [6.07, 6.45) is 0.0771. The van der Waals surface area contributed by atoms with Crippen LogP contribution >= 0.6 is 0 Å². The Hall–Kier alpha value is -2.90. The molecule has 1 N–H and O–H groups in total. The number of nitrogens with one attached hydrogen (secondary N) is 1. The molecule has 0 heterocycles. The van der Waals surface area contributed by atoms with E-state index < -0.39 is 10.0 Å². The summed E-state index contributed by atoms with van der Waals surface area (Å²) in [4.78, 5) is 14.0. The lowest BCUT2D eigenvalue weighted by Gasteiger charge is -2.18. The number of benzene rings is 3. The van der Waals surface area contributed by atoms with Crippen LogP contribution in [0.25, 0.3) is 10.8 Å². The van der Waals surface area contributed by atoms with Crippen LogP contribution in [0.3, 0.4) is 0 Å². The standard InChI is InChI=1S/C23H26N2O4S/c1-18-7-3-6-10-22(18)29-16-15-25(2)23(26)13-14-24-30(27,28)21-12-11-19-8-4-5-9-20(19)17-21/h3-12,17,24H,13-16H2,1-2H3. The number of sulfonamides is 1. The first kappa shape index (κ1) is 21.8. The van der Waals surface area contributed by atoms with Crippen LogP contribution in [0.1, 0.15) is 12.0 Å². The number of carbonyl (C=O) groups is 1. The zero-order valence-electron chi connectivity index (χ0n) is 17.2. The Morgan fingerprint density at radius 1 is 1.00 bits per heavy atom. The van der Waals surface area contributed by atoms with Gasteiger partial charge in [0.2, 0.25) is 15.9 Å². The lowest BCUT2D eigenvalue weighted by atomic mass is 10.1. The van der Waals surface area contributed by atoms with Crippen molar-refractivity contribution in [2.45, 2.75) is 18.2 Å². The monoisotopic (exact) mass is 426 g/mol. The summed E-state index contributed by atoms with van der Waals surface area (Å²) in [6, 6.07) is 20.2. The number of carbonyl (C=O) groups excluding carboxylic acids is 1. The van der Waals surface area contributed by atoms with E-state index >= 15 is 0 Å². The summed E-state index contributed by atoms with van der Waals surface area (Å²) >= 11 is 0. The van der Waals surface area contributed by atoms with E-state index in [0.29, 0.717) is 13.2 Å². The molecule has 0 aromatic heterocycles. The average molecular weight is 427 g/mol. The molecular weight excluding hydrogens is 400 g/mol. The van der Waals surface area contributed by atoms with Crippen molar-refractivity contribution in [3.8, 4) is 5.75 Å². The van der Waals surface area contributed by atoms with Gasteiger partial charge in [0, 0.05) is 20.0 Å². The highest BCUT2D eigenvalue weighted by atomic mass is 32.2. The number of hydrogen-bond acceptors (Lipinski definition) is 4. The van der Waals surface area contributed by atoms with Crippen LogP contribution in [-0.4, -0.2) is 46.0 Å². The van der Waals surface area contributed by atoms with Gasteiger partial charge in [-0.1, -0.05) is 48.5 Å². The second-order valence-corrected chi connectivity index (χ2v) is 8.85. The molecule has 0 aliphatic heterocycles. The summed E-state index contributed by atoms with van der Waals surface area (Å²) in [6.45, 7) is 2.79. The smallest absolute Gasteiger partial charge is 0.240 e. The molecular formula is C23H26N2O4S. The number of likely N-dealkylation sites (N-methyl/N-ethyl adjacent to an activating group) is 1. The Morgan fingerprint density at radius 2 is 1.70 bits per heavy atom. The van der Waals surface area contributed by atoms with Crippen molar-refractivity contribution in [1.29, 1.82) is 0 Å². The first-order valence-electron chi connectivity index (χ1n) is 9.78. The summed E-state index contributed by atoms with van der Waals surface area (Å²) in [5.74, 6) is 0.645. The third kappa shape index (κ3) is 5.58. The van der Waals surface area contributed by atoms with Crippen molar-refractivity contribution in [1.82, 2.24) is 9.62 Å². The van der Waals surface area contributed by atoms with E-state index in [2.05, 4.69) is 4.72 Å². The van der Waals surface area contributed by atoms with E-state index in [1.807, 2.05) is 55.5 Å². The molecule has 1 amide bonds. The van der Waals surface area contributed by atoms with Gasteiger partial charge in [-0.2, -0.15) is 0 Å². The number of hydrogen-bond donors (Lipinski definition) is 1. The predicted octanol–water partition coefficient (Wildman–Crippen LogP) is 3.35. The van der Waals surface area contributed by atoms with Gasteiger partial charge < -0.3 is 9.64 Å². The van der Waals surface area contributed by atoms with Crippen LogP contribution in [0, 0.1) is 6.92 Å². The van der Waals surface area contributed by atoms with E-state index in [-0.39, 0.29) is 23.8 Å². The molecule has 30 heavy (non-hydrogen) atoms. The molecule has 0 bridgehead atoms. The molecule has 0 atom stereocenters. The highest BCUT2D eigenvalue weighted by molar-refractivity contribution is 7.89. The Morgan fingerprint density at radius 3 is 2.47 bits per heavy atom. The lowest BCUT2D eigenvalue weighted by Crippen LogP contribution is -2.34. The summed E-state index contributed by atoms with van der Waals surface area (Å²) in [5, 5.41) is 1.83. The van der Waals surface area contributed by atoms with Gasteiger partial charge in [0.15, 0.2) is 0 Å². The molecule has 3 rings (SSSR count). The zero-order valence-corrected chi connectivity index (χ0v) is 18.0. The van der Waals surface area contributed by atoms with Crippen LogP contribution < -0.4 is 9.46 Å². The number of ether oxygens (including phenoxy) is 1. The normalized spacial score (nSPS) is 11.4. The number of fused-ring (bicyclic) bond motifs is 1. The fourth-order valence-corrected chi connectivity index (χ4v) is 4.10. The minimum absolute atomic E-state index is 0.0387. The van der Waals surface area contributed by atoms with Gasteiger partial charge in [0.05, 0.1) is 11.4 Å². The summed E-state index contributed by atoms with van der Waals surface area (Å²) in [5.41, 5.74) is 1.04. The van der Waals surface area contributed by atoms with Crippen molar-refractivity contribution in [3.63, 3.8) is 0 Å². The van der Waals surface area contributed by atoms with Crippen molar-refractivity contribution in [2.24, 2.45) is 0 Å². The largest absolute Gasteiger partial charge is 0.491 e. The third-order valence-corrected chi connectivity index (χ3v) is 6.32. The Kier molecular flexibility index (Phi) is 7.07. The molecule has 0 spiro atoms. The number of aryl methyl sites for hydroxylation is 1. The molecule has 0 radical (unpaired) electrons. The van der Waals surface area contributed by atoms with Gasteiger partial charge in [0.25, 0.3) is 0 Å². The molecule has 7 heteroatoms. The van der Waals surface area contributed by atoms with Gasteiger partial charge in [-0.3, -0.25) is 4.79 Å². The molecule has 3 aromatic carbocycles. The highest BCUT2D eigenvalue weighted by Gasteiger charge is 2.16. The van der Waals surface area contributed by atoms with Crippen LogP contribution in [-0.2, 0) is 14.8 Å². The minimum Gasteiger partial charge on any atom is -0.491 e. The maximum Gasteiger partial charge on any atom is 0.240 e. The topological polar surface area (TPSA) is 75.7 Å². The Labute approximate surface area is 177 Å². The molecule has 0 saturated heterocycles. The van der Waals surface area contributed by atoms with E-state index in [1.165, 1.54) is 0 Å². The molecule has 0 aliphatic rings. The summed E-state index contributed by atoms with van der Waals surface area (Å²) in [7, 11) is -1.99. The van der Waals surface area contributed by atoms with Crippen LogP contribution in [0.5, 0.6) is 5.75 Å². The van der Waals surface area contributed by atoms with Gasteiger partial charge in [0.1, 0.15) is 12.4 Å². The third-order valence-electron chi connectivity index (χ3n) is 4.87. The van der Waals surface area contributed by atoms with Crippen molar-refractivity contribution < 1.29 is 17.9 Å².